The Bertz CT molecular complexity index is 361. The molecule has 0 nitrogen and oxygen atoms in total. The molecule has 102 valence electrons. The molecule has 1 rings (SSSR count). The molecule has 1 aromatic carbocycles. The van der Waals surface area contributed by atoms with E-state index in [-0.39, 0.29) is 5.41 Å². The molecule has 0 aromatic heterocycles. The predicted octanol–water partition coefficient (Wildman–Crippen LogP) is 5.99. The molecule has 1 aromatic rings. The standard InChI is InChI=1S/C15H21BrCl2/c1-3-6-12(2)9-15(10-17,11-18)13-7-4-5-8-14(13)16/h4-5,7-8,12H,3,6,9-11H2,1-2H3. The summed E-state index contributed by atoms with van der Waals surface area (Å²) in [5.74, 6) is 1.76. The highest BCUT2D eigenvalue weighted by molar-refractivity contribution is 9.10. The summed E-state index contributed by atoms with van der Waals surface area (Å²) in [5, 5.41) is 0. The van der Waals surface area contributed by atoms with Gasteiger partial charge < -0.3 is 0 Å². The van der Waals surface area contributed by atoms with Gasteiger partial charge in [0.1, 0.15) is 0 Å². The number of hydrogen-bond donors (Lipinski definition) is 0. The van der Waals surface area contributed by atoms with Crippen LogP contribution < -0.4 is 0 Å². The Morgan fingerprint density at radius 2 is 1.83 bits per heavy atom. The molecule has 1 unspecified atom stereocenters. The number of benzene rings is 1. The molecular formula is C15H21BrCl2. The number of alkyl halides is 2. The van der Waals surface area contributed by atoms with E-state index < -0.39 is 0 Å². The Morgan fingerprint density at radius 1 is 1.22 bits per heavy atom. The van der Waals surface area contributed by atoms with E-state index in [1.807, 2.05) is 6.07 Å². The SMILES string of the molecule is CCCC(C)CC(CCl)(CCl)c1ccccc1Br. The van der Waals surface area contributed by atoms with Crippen LogP contribution in [0.25, 0.3) is 0 Å². The lowest BCUT2D eigenvalue weighted by Gasteiger charge is -2.33. The van der Waals surface area contributed by atoms with Gasteiger partial charge in [0, 0.05) is 21.6 Å². The molecule has 0 N–H and O–H groups in total. The monoisotopic (exact) mass is 350 g/mol. The molecule has 1 atom stereocenters. The van der Waals surface area contributed by atoms with Gasteiger partial charge in [-0.05, 0) is 24.0 Å². The lowest BCUT2D eigenvalue weighted by molar-refractivity contribution is 0.367. The van der Waals surface area contributed by atoms with Gasteiger partial charge in [0.2, 0.25) is 0 Å². The van der Waals surface area contributed by atoms with Gasteiger partial charge in [-0.15, -0.1) is 23.2 Å². The smallest absolute Gasteiger partial charge is 0.0332 e. The Balaban J connectivity index is 3.03. The second kappa shape index (κ2) is 7.77. The fourth-order valence-corrected chi connectivity index (χ4v) is 4.05. The number of halogens is 3. The van der Waals surface area contributed by atoms with Crippen molar-refractivity contribution in [1.29, 1.82) is 0 Å². The van der Waals surface area contributed by atoms with Crippen molar-refractivity contribution in [2.24, 2.45) is 5.92 Å². The first kappa shape index (κ1) is 16.3. The molecule has 18 heavy (non-hydrogen) atoms. The largest absolute Gasteiger partial charge is 0.126 e. The number of hydrogen-bond acceptors (Lipinski definition) is 0. The summed E-state index contributed by atoms with van der Waals surface area (Å²) in [5.41, 5.74) is 1.11. The van der Waals surface area contributed by atoms with E-state index in [0.29, 0.717) is 17.7 Å². The molecule has 3 heteroatoms. The first-order chi connectivity index (χ1) is 8.59. The quantitative estimate of drug-likeness (QED) is 0.529. The van der Waals surface area contributed by atoms with E-state index in [1.54, 1.807) is 0 Å². The van der Waals surface area contributed by atoms with Crippen molar-refractivity contribution in [2.75, 3.05) is 11.8 Å². The zero-order valence-corrected chi connectivity index (χ0v) is 14.2. The summed E-state index contributed by atoms with van der Waals surface area (Å²) in [6.45, 7) is 4.51. The van der Waals surface area contributed by atoms with Gasteiger partial charge in [-0.1, -0.05) is 60.8 Å². The Kier molecular flexibility index (Phi) is 7.05. The maximum atomic E-state index is 6.27. The maximum absolute atomic E-state index is 6.27. The molecule has 0 fully saturated rings. The Labute approximate surface area is 129 Å². The minimum absolute atomic E-state index is 0.127. The van der Waals surface area contributed by atoms with Crippen molar-refractivity contribution in [3.63, 3.8) is 0 Å². The molecule has 0 aliphatic rings. The normalized spacial score (nSPS) is 13.6. The zero-order chi connectivity index (χ0) is 13.6. The highest BCUT2D eigenvalue weighted by Crippen LogP contribution is 2.38. The van der Waals surface area contributed by atoms with E-state index in [0.717, 1.165) is 10.9 Å². The van der Waals surface area contributed by atoms with Crippen LogP contribution in [0.2, 0.25) is 0 Å². The van der Waals surface area contributed by atoms with Crippen molar-refractivity contribution in [3.05, 3.63) is 34.3 Å². The van der Waals surface area contributed by atoms with E-state index >= 15 is 0 Å². The zero-order valence-electron chi connectivity index (χ0n) is 11.1. The summed E-state index contributed by atoms with van der Waals surface area (Å²) < 4.78 is 1.11. The molecule has 0 heterocycles. The molecule has 0 amide bonds. The molecule has 0 saturated carbocycles. The molecule has 0 radical (unpaired) electrons. The fraction of sp³-hybridized carbons (Fsp3) is 0.600. The second-order valence-corrected chi connectivity index (χ2v) is 6.51. The van der Waals surface area contributed by atoms with Gasteiger partial charge in [-0.3, -0.25) is 0 Å². The number of rotatable bonds is 7. The summed E-state index contributed by atoms with van der Waals surface area (Å²) in [6.07, 6.45) is 3.47. The Morgan fingerprint density at radius 3 is 2.33 bits per heavy atom. The topological polar surface area (TPSA) is 0 Å². The van der Waals surface area contributed by atoms with Gasteiger partial charge in [-0.25, -0.2) is 0 Å². The molecule has 0 saturated heterocycles. The van der Waals surface area contributed by atoms with E-state index in [4.69, 9.17) is 23.2 Å². The second-order valence-electron chi connectivity index (χ2n) is 5.13. The third-order valence-electron chi connectivity index (χ3n) is 3.48. The minimum Gasteiger partial charge on any atom is -0.126 e. The van der Waals surface area contributed by atoms with Gasteiger partial charge in [0.25, 0.3) is 0 Å². The highest BCUT2D eigenvalue weighted by Gasteiger charge is 2.33. The summed E-state index contributed by atoms with van der Waals surface area (Å²) >= 11 is 16.2. The molecule has 0 aliphatic heterocycles. The van der Waals surface area contributed by atoms with Crippen LogP contribution >= 0.6 is 39.1 Å². The molecular weight excluding hydrogens is 331 g/mol. The molecule has 0 spiro atoms. The van der Waals surface area contributed by atoms with Crippen molar-refractivity contribution in [3.8, 4) is 0 Å². The molecule has 0 aliphatic carbocycles. The third kappa shape index (κ3) is 3.88. The van der Waals surface area contributed by atoms with E-state index in [2.05, 4.69) is 48.0 Å². The lowest BCUT2D eigenvalue weighted by Crippen LogP contribution is -2.33. The van der Waals surface area contributed by atoms with Gasteiger partial charge in [0.05, 0.1) is 0 Å². The maximum Gasteiger partial charge on any atom is 0.0332 e. The summed E-state index contributed by atoms with van der Waals surface area (Å²) in [6, 6.07) is 8.27. The summed E-state index contributed by atoms with van der Waals surface area (Å²) in [4.78, 5) is 0. The van der Waals surface area contributed by atoms with Crippen molar-refractivity contribution in [2.45, 2.75) is 38.5 Å². The lowest BCUT2D eigenvalue weighted by atomic mass is 9.76. The van der Waals surface area contributed by atoms with Crippen molar-refractivity contribution >= 4 is 39.1 Å². The van der Waals surface area contributed by atoms with Crippen LogP contribution in [0.1, 0.15) is 38.7 Å². The van der Waals surface area contributed by atoms with Crippen molar-refractivity contribution in [1.82, 2.24) is 0 Å². The average molecular weight is 352 g/mol. The fourth-order valence-electron chi connectivity index (χ4n) is 2.55. The van der Waals surface area contributed by atoms with E-state index in [1.165, 1.54) is 18.4 Å². The molecule has 0 bridgehead atoms. The Hall–Kier alpha value is 0.280. The van der Waals surface area contributed by atoms with Gasteiger partial charge in [0.15, 0.2) is 0 Å². The van der Waals surface area contributed by atoms with Crippen LogP contribution in [0.15, 0.2) is 28.7 Å². The summed E-state index contributed by atoms with van der Waals surface area (Å²) in [7, 11) is 0. The van der Waals surface area contributed by atoms with Crippen LogP contribution in [0.4, 0.5) is 0 Å². The predicted molar refractivity (Wildman–Crippen MR) is 85.9 cm³/mol. The van der Waals surface area contributed by atoms with Crippen LogP contribution in [0.3, 0.4) is 0 Å². The minimum atomic E-state index is -0.127. The first-order valence-electron chi connectivity index (χ1n) is 6.46. The van der Waals surface area contributed by atoms with E-state index in [9.17, 15) is 0 Å². The van der Waals surface area contributed by atoms with Crippen molar-refractivity contribution < 1.29 is 0 Å². The van der Waals surface area contributed by atoms with Crippen LogP contribution in [-0.2, 0) is 5.41 Å². The van der Waals surface area contributed by atoms with Crippen LogP contribution in [0.5, 0.6) is 0 Å². The first-order valence-corrected chi connectivity index (χ1v) is 8.32. The van der Waals surface area contributed by atoms with Gasteiger partial charge >= 0.3 is 0 Å². The van der Waals surface area contributed by atoms with Crippen LogP contribution in [-0.4, -0.2) is 11.8 Å². The third-order valence-corrected chi connectivity index (χ3v) is 5.19. The highest BCUT2D eigenvalue weighted by atomic mass is 79.9. The van der Waals surface area contributed by atoms with Gasteiger partial charge in [-0.2, -0.15) is 0 Å². The average Bonchev–Trinajstić information content (AvgIpc) is 2.37. The van der Waals surface area contributed by atoms with Crippen LogP contribution in [0, 0.1) is 5.92 Å².